The molecule has 0 spiro atoms. The lowest BCUT2D eigenvalue weighted by atomic mass is 9.90. The summed E-state index contributed by atoms with van der Waals surface area (Å²) in [6.45, 7) is 8.54. The zero-order valence-electron chi connectivity index (χ0n) is 20.8. The minimum atomic E-state index is -2.73. The van der Waals surface area contributed by atoms with Crippen molar-refractivity contribution in [1.29, 1.82) is 0 Å². The van der Waals surface area contributed by atoms with Crippen molar-refractivity contribution in [2.45, 2.75) is 38.5 Å². The molecule has 0 unspecified atom stereocenters. The Balaban J connectivity index is 1.57. The van der Waals surface area contributed by atoms with Crippen molar-refractivity contribution < 1.29 is 19.1 Å². The lowest BCUT2D eigenvalue weighted by Crippen LogP contribution is -2.69. The van der Waals surface area contributed by atoms with E-state index in [1.807, 2.05) is 42.5 Å². The predicted octanol–water partition coefficient (Wildman–Crippen LogP) is 4.76. The van der Waals surface area contributed by atoms with Gasteiger partial charge in [-0.05, 0) is 21.0 Å². The van der Waals surface area contributed by atoms with Crippen LogP contribution in [0.15, 0.2) is 91.0 Å². The van der Waals surface area contributed by atoms with Gasteiger partial charge in [-0.15, -0.1) is 0 Å². The van der Waals surface area contributed by atoms with Crippen molar-refractivity contribution in [3.63, 3.8) is 0 Å². The van der Waals surface area contributed by atoms with Gasteiger partial charge >= 0.3 is 6.09 Å². The molecule has 184 valence electrons. The lowest BCUT2D eigenvalue weighted by Gasteiger charge is -2.49. The first-order chi connectivity index (χ1) is 16.8. The second kappa shape index (κ2) is 10.8. The van der Waals surface area contributed by atoms with Crippen molar-refractivity contribution >= 4 is 24.8 Å². The van der Waals surface area contributed by atoms with Crippen LogP contribution in [-0.4, -0.2) is 50.2 Å². The molecule has 5 nitrogen and oxygen atoms in total. The summed E-state index contributed by atoms with van der Waals surface area (Å²) in [7, 11) is -2.73. The normalized spacial score (nSPS) is 18.2. The van der Waals surface area contributed by atoms with Crippen LogP contribution in [0.1, 0.15) is 26.3 Å². The van der Waals surface area contributed by atoms with Crippen LogP contribution < -0.4 is 10.4 Å². The molecule has 1 N–H and O–H groups in total. The summed E-state index contributed by atoms with van der Waals surface area (Å²) in [5, 5.41) is 12.0. The number of rotatable bonds is 9. The second-order valence-corrected chi connectivity index (χ2v) is 14.5. The number of hydrogen-bond acceptors (Lipinski definition) is 3. The molecule has 0 aliphatic carbocycles. The molecule has 1 amide bonds. The molecule has 0 radical (unpaired) electrons. The van der Waals surface area contributed by atoms with Crippen LogP contribution >= 0.6 is 0 Å². The summed E-state index contributed by atoms with van der Waals surface area (Å²) in [6, 6.07) is 30.7. The molecule has 4 rings (SSSR count). The molecule has 0 aromatic heterocycles. The van der Waals surface area contributed by atoms with E-state index in [1.165, 1.54) is 15.3 Å². The number of benzene rings is 3. The standard InChI is InChI=1S/C29H35NO4Si/c1-29(2,3)35(25-15-9-5-10-16-25,26-17-11-6-12-18-26)34-22-27-24(19-30(27)28(31)32)21-33-20-23-13-7-4-8-14-23/h4-18,24,27H,19-22H2,1-3H3,(H,31,32)/t24-,27-/m1/s1. The number of amides is 1. The topological polar surface area (TPSA) is 59.0 Å². The van der Waals surface area contributed by atoms with Crippen molar-refractivity contribution in [3.8, 4) is 0 Å². The lowest BCUT2D eigenvalue weighted by molar-refractivity contribution is -0.0478. The van der Waals surface area contributed by atoms with Crippen molar-refractivity contribution in [2.75, 3.05) is 19.8 Å². The summed E-state index contributed by atoms with van der Waals surface area (Å²) in [5.41, 5.74) is 1.11. The molecule has 0 saturated carbocycles. The van der Waals surface area contributed by atoms with Crippen LogP contribution in [0.2, 0.25) is 5.04 Å². The summed E-state index contributed by atoms with van der Waals surface area (Å²) >= 11 is 0. The van der Waals surface area contributed by atoms with Gasteiger partial charge in [-0.25, -0.2) is 4.79 Å². The highest BCUT2D eigenvalue weighted by atomic mass is 28.4. The van der Waals surface area contributed by atoms with Crippen LogP contribution in [-0.2, 0) is 15.8 Å². The molecule has 2 atom stereocenters. The highest BCUT2D eigenvalue weighted by molar-refractivity contribution is 6.99. The molecule has 1 fully saturated rings. The molecular weight excluding hydrogens is 454 g/mol. The van der Waals surface area contributed by atoms with Gasteiger partial charge in [0.25, 0.3) is 8.32 Å². The van der Waals surface area contributed by atoms with Crippen molar-refractivity contribution in [3.05, 3.63) is 96.6 Å². The van der Waals surface area contributed by atoms with E-state index >= 15 is 0 Å². The largest absolute Gasteiger partial charge is 0.465 e. The SMILES string of the molecule is CC(C)(C)[Si](OC[C@@H]1[C@@H](COCc2ccccc2)CN1C(=O)O)(c1ccccc1)c1ccccc1. The average molecular weight is 490 g/mol. The van der Waals surface area contributed by atoms with E-state index in [0.717, 1.165) is 5.56 Å². The molecule has 3 aromatic rings. The smallest absolute Gasteiger partial charge is 0.407 e. The first kappa shape index (κ1) is 25.2. The Morgan fingerprint density at radius 1 is 0.886 bits per heavy atom. The number of nitrogens with zero attached hydrogens (tertiary/aromatic N) is 1. The van der Waals surface area contributed by atoms with E-state index in [9.17, 15) is 9.90 Å². The van der Waals surface area contributed by atoms with Crippen molar-refractivity contribution in [1.82, 2.24) is 4.90 Å². The van der Waals surface area contributed by atoms with Gasteiger partial charge in [-0.1, -0.05) is 112 Å². The molecule has 35 heavy (non-hydrogen) atoms. The molecule has 1 saturated heterocycles. The minimum Gasteiger partial charge on any atom is -0.465 e. The van der Waals surface area contributed by atoms with Gasteiger partial charge in [0, 0.05) is 12.5 Å². The molecule has 6 heteroatoms. The quantitative estimate of drug-likeness (QED) is 0.441. The van der Waals surface area contributed by atoms with E-state index in [1.54, 1.807) is 0 Å². The van der Waals surface area contributed by atoms with Crippen LogP contribution in [0.3, 0.4) is 0 Å². The third-order valence-electron chi connectivity index (χ3n) is 6.95. The molecule has 1 aliphatic rings. The number of hydrogen-bond donors (Lipinski definition) is 1. The Labute approximate surface area is 209 Å². The highest BCUT2D eigenvalue weighted by Gasteiger charge is 2.52. The summed E-state index contributed by atoms with van der Waals surface area (Å²) in [6.07, 6.45) is -0.902. The third kappa shape index (κ3) is 5.35. The number of carbonyl (C=O) groups is 1. The number of likely N-dealkylation sites (tertiary alicyclic amines) is 1. The summed E-state index contributed by atoms with van der Waals surface area (Å²) < 4.78 is 13.0. The van der Waals surface area contributed by atoms with Gasteiger partial charge in [-0.3, -0.25) is 0 Å². The van der Waals surface area contributed by atoms with E-state index in [0.29, 0.717) is 26.4 Å². The second-order valence-electron chi connectivity index (χ2n) is 10.2. The molecular formula is C29H35NO4Si. The van der Waals surface area contributed by atoms with Crippen LogP contribution in [0.25, 0.3) is 0 Å². The fraction of sp³-hybridized carbons (Fsp3) is 0.345. The Hall–Kier alpha value is -2.93. The first-order valence-electron chi connectivity index (χ1n) is 12.2. The third-order valence-corrected chi connectivity index (χ3v) is 12.0. The van der Waals surface area contributed by atoms with Gasteiger partial charge in [-0.2, -0.15) is 0 Å². The first-order valence-corrected chi connectivity index (χ1v) is 14.1. The summed E-state index contributed by atoms with van der Waals surface area (Å²) in [4.78, 5) is 13.4. The Morgan fingerprint density at radius 3 is 1.89 bits per heavy atom. The maximum atomic E-state index is 11.9. The van der Waals surface area contributed by atoms with E-state index in [2.05, 4.69) is 69.3 Å². The maximum Gasteiger partial charge on any atom is 0.407 e. The van der Waals surface area contributed by atoms with Gasteiger partial charge < -0.3 is 19.2 Å². The predicted molar refractivity (Wildman–Crippen MR) is 142 cm³/mol. The number of ether oxygens (including phenoxy) is 1. The zero-order valence-corrected chi connectivity index (χ0v) is 21.8. The van der Waals surface area contributed by atoms with Gasteiger partial charge in [0.1, 0.15) is 0 Å². The molecule has 3 aromatic carbocycles. The fourth-order valence-electron chi connectivity index (χ4n) is 5.11. The average Bonchev–Trinajstić information content (AvgIpc) is 2.84. The fourth-order valence-corrected chi connectivity index (χ4v) is 9.69. The Morgan fingerprint density at radius 2 is 1.40 bits per heavy atom. The van der Waals surface area contributed by atoms with E-state index in [4.69, 9.17) is 9.16 Å². The molecule has 1 heterocycles. The number of carboxylic acid groups (broad SMARTS) is 1. The molecule has 0 bridgehead atoms. The van der Waals surface area contributed by atoms with Gasteiger partial charge in [0.2, 0.25) is 0 Å². The van der Waals surface area contributed by atoms with Crippen LogP contribution in [0.5, 0.6) is 0 Å². The van der Waals surface area contributed by atoms with Crippen molar-refractivity contribution in [2.24, 2.45) is 5.92 Å². The highest BCUT2D eigenvalue weighted by Crippen LogP contribution is 2.38. The van der Waals surface area contributed by atoms with E-state index in [-0.39, 0.29) is 17.0 Å². The van der Waals surface area contributed by atoms with Gasteiger partial charge in [0.15, 0.2) is 0 Å². The molecule has 1 aliphatic heterocycles. The monoisotopic (exact) mass is 489 g/mol. The maximum absolute atomic E-state index is 11.9. The minimum absolute atomic E-state index is 0.105. The van der Waals surface area contributed by atoms with Gasteiger partial charge in [0.05, 0.1) is 25.9 Å². The summed E-state index contributed by atoms with van der Waals surface area (Å²) in [5.74, 6) is 0.105. The Kier molecular flexibility index (Phi) is 7.74. The van der Waals surface area contributed by atoms with Crippen LogP contribution in [0, 0.1) is 5.92 Å². The zero-order chi connectivity index (χ0) is 24.9. The Bertz CT molecular complexity index is 1050. The van der Waals surface area contributed by atoms with Crippen LogP contribution in [0.4, 0.5) is 4.79 Å². The van der Waals surface area contributed by atoms with E-state index < -0.39 is 14.4 Å².